The van der Waals surface area contributed by atoms with Crippen molar-refractivity contribution in [3.63, 3.8) is 0 Å². The maximum absolute atomic E-state index is 13.8. The average Bonchev–Trinajstić information content (AvgIpc) is 3.27. The van der Waals surface area contributed by atoms with Crippen molar-refractivity contribution in [1.29, 1.82) is 0 Å². The zero-order valence-corrected chi connectivity index (χ0v) is 18.7. The van der Waals surface area contributed by atoms with Gasteiger partial charge in [0, 0.05) is 17.4 Å². The fourth-order valence-electron chi connectivity index (χ4n) is 3.76. The Hall–Kier alpha value is -3.85. The van der Waals surface area contributed by atoms with Gasteiger partial charge in [-0.25, -0.2) is 8.96 Å². The second-order valence-electron chi connectivity index (χ2n) is 7.22. The van der Waals surface area contributed by atoms with Gasteiger partial charge in [0.15, 0.2) is 5.16 Å². The van der Waals surface area contributed by atoms with Crippen molar-refractivity contribution in [3.8, 4) is 17.2 Å². The molecule has 2 heterocycles. The molecule has 0 radical (unpaired) electrons. The van der Waals surface area contributed by atoms with E-state index in [1.807, 2.05) is 40.8 Å². The van der Waals surface area contributed by atoms with Crippen LogP contribution in [0.5, 0.6) is 11.5 Å². The van der Waals surface area contributed by atoms with Gasteiger partial charge in [-0.05, 0) is 42.5 Å². The molecule has 0 saturated heterocycles. The van der Waals surface area contributed by atoms with Gasteiger partial charge in [-0.2, -0.15) is 0 Å². The molecule has 3 aromatic carbocycles. The second kappa shape index (κ2) is 8.59. The number of methoxy groups -OCH3 is 2. The number of halogens is 1. The van der Waals surface area contributed by atoms with Crippen LogP contribution >= 0.6 is 11.8 Å². The monoisotopic (exact) mass is 462 g/mol. The topological polar surface area (TPSA) is 70.7 Å². The van der Waals surface area contributed by atoms with Gasteiger partial charge in [0.05, 0.1) is 30.8 Å². The number of nitrogens with zero attached hydrogens (tertiary/aromatic N) is 4. The molecule has 0 fully saturated rings. The molecular weight excluding hydrogens is 443 g/mol. The Morgan fingerprint density at radius 1 is 0.970 bits per heavy atom. The zero-order valence-electron chi connectivity index (χ0n) is 17.9. The summed E-state index contributed by atoms with van der Waals surface area (Å²) in [6, 6.07) is 18.9. The molecular formula is C24H19FN4O3S. The van der Waals surface area contributed by atoms with Crippen molar-refractivity contribution in [2.24, 2.45) is 0 Å². The molecule has 5 rings (SSSR count). The SMILES string of the molecule is COc1cccc(-n2c(=O)c3ccccc3n3c(SCc4cc(F)ccc4OC)nnc23)c1. The first-order chi connectivity index (χ1) is 16.1. The Kier molecular flexibility index (Phi) is 5.47. The Balaban J connectivity index is 1.69. The molecule has 7 nitrogen and oxygen atoms in total. The minimum absolute atomic E-state index is 0.206. The lowest BCUT2D eigenvalue weighted by molar-refractivity contribution is 0.410. The van der Waals surface area contributed by atoms with Gasteiger partial charge in [-0.3, -0.25) is 9.20 Å². The van der Waals surface area contributed by atoms with E-state index in [4.69, 9.17) is 9.47 Å². The molecule has 0 aliphatic heterocycles. The number of hydrogen-bond donors (Lipinski definition) is 0. The van der Waals surface area contributed by atoms with Crippen LogP contribution in [-0.4, -0.2) is 33.4 Å². The maximum Gasteiger partial charge on any atom is 0.267 e. The highest BCUT2D eigenvalue weighted by molar-refractivity contribution is 7.98. The summed E-state index contributed by atoms with van der Waals surface area (Å²) in [6.07, 6.45) is 0. The third kappa shape index (κ3) is 3.70. The summed E-state index contributed by atoms with van der Waals surface area (Å²) in [7, 11) is 3.12. The molecule has 9 heteroatoms. The number of para-hydroxylation sites is 1. The van der Waals surface area contributed by atoms with Crippen LogP contribution in [0.1, 0.15) is 5.56 Å². The standard InChI is InChI=1S/C24H19FN4O3S/c1-31-18-7-5-6-17(13-18)28-22(30)19-8-3-4-9-20(19)29-23(28)26-27-24(29)33-14-15-12-16(25)10-11-21(15)32-2/h3-13H,14H2,1-2H3. The zero-order chi connectivity index (χ0) is 22.9. The fraction of sp³-hybridized carbons (Fsp3) is 0.125. The number of rotatable bonds is 6. The van der Waals surface area contributed by atoms with E-state index in [1.54, 1.807) is 32.4 Å². The van der Waals surface area contributed by atoms with E-state index < -0.39 is 0 Å². The Morgan fingerprint density at radius 3 is 2.64 bits per heavy atom. The van der Waals surface area contributed by atoms with E-state index in [-0.39, 0.29) is 11.4 Å². The van der Waals surface area contributed by atoms with Crippen LogP contribution in [0.4, 0.5) is 4.39 Å². The van der Waals surface area contributed by atoms with Gasteiger partial charge in [0.2, 0.25) is 5.78 Å². The van der Waals surface area contributed by atoms with Gasteiger partial charge in [-0.1, -0.05) is 30.0 Å². The molecule has 166 valence electrons. The van der Waals surface area contributed by atoms with E-state index in [0.717, 1.165) is 0 Å². The predicted molar refractivity (Wildman–Crippen MR) is 125 cm³/mol. The summed E-state index contributed by atoms with van der Waals surface area (Å²) in [5.41, 5.74) is 1.80. The van der Waals surface area contributed by atoms with Gasteiger partial charge in [0.25, 0.3) is 5.56 Å². The molecule has 33 heavy (non-hydrogen) atoms. The number of ether oxygens (including phenoxy) is 2. The quantitative estimate of drug-likeness (QED) is 0.347. The summed E-state index contributed by atoms with van der Waals surface area (Å²) in [5.74, 6) is 1.67. The number of benzene rings is 3. The van der Waals surface area contributed by atoms with Crippen molar-refractivity contribution in [2.45, 2.75) is 10.9 Å². The molecule has 0 amide bonds. The van der Waals surface area contributed by atoms with Crippen LogP contribution in [0.15, 0.2) is 76.7 Å². The predicted octanol–water partition coefficient (Wildman–Crippen LogP) is 4.48. The third-order valence-electron chi connectivity index (χ3n) is 5.31. The van der Waals surface area contributed by atoms with Crippen LogP contribution in [0, 0.1) is 5.82 Å². The van der Waals surface area contributed by atoms with E-state index >= 15 is 0 Å². The summed E-state index contributed by atoms with van der Waals surface area (Å²) in [4.78, 5) is 13.4. The highest BCUT2D eigenvalue weighted by Gasteiger charge is 2.19. The lowest BCUT2D eigenvalue weighted by Gasteiger charge is -2.12. The molecule has 0 unspecified atom stereocenters. The van der Waals surface area contributed by atoms with Gasteiger partial charge < -0.3 is 9.47 Å². The lowest BCUT2D eigenvalue weighted by Crippen LogP contribution is -2.21. The Morgan fingerprint density at radius 2 is 1.82 bits per heavy atom. The normalized spacial score (nSPS) is 11.2. The first kappa shape index (κ1) is 21.0. The molecule has 0 aliphatic carbocycles. The smallest absolute Gasteiger partial charge is 0.267 e. The molecule has 0 atom stereocenters. The van der Waals surface area contributed by atoms with Gasteiger partial charge in [0.1, 0.15) is 17.3 Å². The van der Waals surface area contributed by atoms with Crippen LogP contribution in [-0.2, 0) is 5.75 Å². The van der Waals surface area contributed by atoms with Gasteiger partial charge >= 0.3 is 0 Å². The van der Waals surface area contributed by atoms with E-state index in [1.165, 1.54) is 28.5 Å². The Bertz CT molecular complexity index is 1550. The first-order valence-corrected chi connectivity index (χ1v) is 11.1. The van der Waals surface area contributed by atoms with Gasteiger partial charge in [-0.15, -0.1) is 10.2 Å². The third-order valence-corrected chi connectivity index (χ3v) is 6.28. The van der Waals surface area contributed by atoms with Crippen molar-refractivity contribution in [1.82, 2.24) is 19.2 Å². The fourth-order valence-corrected chi connectivity index (χ4v) is 4.67. The maximum atomic E-state index is 13.8. The van der Waals surface area contributed by atoms with E-state index in [9.17, 15) is 9.18 Å². The lowest BCUT2D eigenvalue weighted by atomic mass is 10.2. The second-order valence-corrected chi connectivity index (χ2v) is 8.16. The Labute approximate surface area is 192 Å². The summed E-state index contributed by atoms with van der Waals surface area (Å²) < 4.78 is 27.9. The first-order valence-electron chi connectivity index (χ1n) is 10.1. The van der Waals surface area contributed by atoms with Crippen molar-refractivity contribution in [2.75, 3.05) is 14.2 Å². The van der Waals surface area contributed by atoms with Crippen molar-refractivity contribution in [3.05, 3.63) is 88.5 Å². The van der Waals surface area contributed by atoms with Crippen molar-refractivity contribution >= 4 is 28.4 Å². The number of aromatic nitrogens is 4. The van der Waals surface area contributed by atoms with Crippen LogP contribution in [0.2, 0.25) is 0 Å². The number of thioether (sulfide) groups is 1. The largest absolute Gasteiger partial charge is 0.497 e. The molecule has 0 N–H and O–H groups in total. The highest BCUT2D eigenvalue weighted by Crippen LogP contribution is 2.30. The molecule has 0 spiro atoms. The number of hydrogen-bond acceptors (Lipinski definition) is 6. The highest BCUT2D eigenvalue weighted by atomic mass is 32.2. The average molecular weight is 463 g/mol. The summed E-state index contributed by atoms with van der Waals surface area (Å²) in [5, 5.41) is 9.80. The van der Waals surface area contributed by atoms with E-state index in [0.29, 0.717) is 50.3 Å². The van der Waals surface area contributed by atoms with Crippen LogP contribution < -0.4 is 15.0 Å². The molecule has 0 aliphatic rings. The van der Waals surface area contributed by atoms with Crippen LogP contribution in [0.3, 0.4) is 0 Å². The minimum Gasteiger partial charge on any atom is -0.497 e. The number of fused-ring (bicyclic) bond motifs is 3. The summed E-state index contributed by atoms with van der Waals surface area (Å²) in [6.45, 7) is 0. The molecule has 5 aromatic rings. The van der Waals surface area contributed by atoms with Crippen molar-refractivity contribution < 1.29 is 13.9 Å². The molecule has 0 saturated carbocycles. The van der Waals surface area contributed by atoms with E-state index in [2.05, 4.69) is 10.2 Å². The van der Waals surface area contributed by atoms with Crippen LogP contribution in [0.25, 0.3) is 22.4 Å². The molecule has 2 aromatic heterocycles. The summed E-state index contributed by atoms with van der Waals surface area (Å²) >= 11 is 1.38. The molecule has 0 bridgehead atoms. The minimum atomic E-state index is -0.338.